The molecule has 0 aliphatic rings. The summed E-state index contributed by atoms with van der Waals surface area (Å²) < 4.78 is 4.92. The Bertz CT molecular complexity index is 153. The Balaban J connectivity index is 3.57. The van der Waals surface area contributed by atoms with Crippen LogP contribution in [0.3, 0.4) is 0 Å². The molecule has 0 aromatic carbocycles. The maximum Gasteiger partial charge on any atom is 0.222 e. The van der Waals surface area contributed by atoms with Crippen LogP contribution in [0.2, 0.25) is 0 Å². The molecule has 0 aromatic heterocycles. The molecule has 0 radical (unpaired) electrons. The molecule has 3 nitrogen and oxygen atoms in total. The molecule has 0 fully saturated rings. The zero-order valence-corrected chi connectivity index (χ0v) is 10.1. The highest BCUT2D eigenvalue weighted by atomic mass is 79.9. The average molecular weight is 252 g/mol. The van der Waals surface area contributed by atoms with Gasteiger partial charge in [0.05, 0.1) is 11.4 Å². The van der Waals surface area contributed by atoms with Gasteiger partial charge in [-0.25, -0.2) is 0 Å². The highest BCUT2D eigenvalue weighted by Gasteiger charge is 2.11. The number of rotatable bonds is 6. The number of methoxy groups -OCH3 is 1. The number of ether oxygens (including phenoxy) is 1. The Morgan fingerprint density at radius 3 is 2.69 bits per heavy atom. The van der Waals surface area contributed by atoms with Crippen LogP contribution in [0.25, 0.3) is 0 Å². The van der Waals surface area contributed by atoms with E-state index in [0.29, 0.717) is 13.2 Å². The van der Waals surface area contributed by atoms with Gasteiger partial charge >= 0.3 is 0 Å². The average Bonchev–Trinajstić information content (AvgIpc) is 2.13. The standard InChI is InChI=1S/C9H18BrNO2/c1-4-7(2)9(12)11-5-8(10)6-13-3/h7-8H,4-6H2,1-3H3,(H,11,12). The van der Waals surface area contributed by atoms with Crippen LogP contribution in [0.15, 0.2) is 0 Å². The second-order valence-electron chi connectivity index (χ2n) is 3.11. The Morgan fingerprint density at radius 2 is 2.23 bits per heavy atom. The van der Waals surface area contributed by atoms with Crippen LogP contribution >= 0.6 is 15.9 Å². The van der Waals surface area contributed by atoms with E-state index in [9.17, 15) is 4.79 Å². The van der Waals surface area contributed by atoms with Crippen LogP contribution in [0.5, 0.6) is 0 Å². The molecule has 78 valence electrons. The van der Waals surface area contributed by atoms with Crippen LogP contribution in [-0.2, 0) is 9.53 Å². The zero-order chi connectivity index (χ0) is 10.3. The molecule has 0 saturated carbocycles. The third-order valence-corrected chi connectivity index (χ3v) is 2.49. The summed E-state index contributed by atoms with van der Waals surface area (Å²) >= 11 is 3.40. The first-order chi connectivity index (χ1) is 6.11. The molecule has 1 amide bonds. The van der Waals surface area contributed by atoms with Crippen LogP contribution in [-0.4, -0.2) is 31.0 Å². The lowest BCUT2D eigenvalue weighted by Gasteiger charge is -2.12. The highest BCUT2D eigenvalue weighted by molar-refractivity contribution is 9.09. The van der Waals surface area contributed by atoms with Crippen molar-refractivity contribution in [1.29, 1.82) is 0 Å². The highest BCUT2D eigenvalue weighted by Crippen LogP contribution is 2.02. The van der Waals surface area contributed by atoms with E-state index in [4.69, 9.17) is 4.74 Å². The SMILES string of the molecule is CCC(C)C(=O)NCC(Br)COC. The van der Waals surface area contributed by atoms with Gasteiger partial charge in [-0.3, -0.25) is 4.79 Å². The van der Waals surface area contributed by atoms with Gasteiger partial charge in [-0.05, 0) is 6.42 Å². The molecule has 0 aliphatic carbocycles. The molecular weight excluding hydrogens is 234 g/mol. The maximum absolute atomic E-state index is 11.3. The molecule has 1 N–H and O–H groups in total. The van der Waals surface area contributed by atoms with Crippen LogP contribution in [0, 0.1) is 5.92 Å². The number of carbonyl (C=O) groups is 1. The minimum absolute atomic E-state index is 0.0993. The topological polar surface area (TPSA) is 38.3 Å². The van der Waals surface area contributed by atoms with Crippen molar-refractivity contribution in [1.82, 2.24) is 5.32 Å². The fourth-order valence-electron chi connectivity index (χ4n) is 0.811. The summed E-state index contributed by atoms with van der Waals surface area (Å²) in [6, 6.07) is 0. The largest absolute Gasteiger partial charge is 0.383 e. The van der Waals surface area contributed by atoms with E-state index < -0.39 is 0 Å². The van der Waals surface area contributed by atoms with E-state index in [2.05, 4.69) is 21.2 Å². The van der Waals surface area contributed by atoms with Crippen molar-refractivity contribution in [2.45, 2.75) is 25.1 Å². The summed E-state index contributed by atoms with van der Waals surface area (Å²) in [5.41, 5.74) is 0. The van der Waals surface area contributed by atoms with Crippen molar-refractivity contribution < 1.29 is 9.53 Å². The predicted octanol–water partition coefficient (Wildman–Crippen LogP) is 1.56. The van der Waals surface area contributed by atoms with E-state index in [-0.39, 0.29) is 16.7 Å². The molecule has 0 aliphatic heterocycles. The smallest absolute Gasteiger partial charge is 0.222 e. The minimum atomic E-state index is 0.0993. The van der Waals surface area contributed by atoms with Gasteiger partial charge in [0.2, 0.25) is 5.91 Å². The van der Waals surface area contributed by atoms with Crippen molar-refractivity contribution in [3.8, 4) is 0 Å². The second kappa shape index (κ2) is 7.33. The Kier molecular flexibility index (Phi) is 7.28. The molecule has 4 heteroatoms. The van der Waals surface area contributed by atoms with E-state index in [0.717, 1.165) is 6.42 Å². The first-order valence-electron chi connectivity index (χ1n) is 4.52. The van der Waals surface area contributed by atoms with Gasteiger partial charge in [-0.1, -0.05) is 29.8 Å². The lowest BCUT2D eigenvalue weighted by atomic mass is 10.1. The van der Waals surface area contributed by atoms with Gasteiger partial charge in [0.15, 0.2) is 0 Å². The lowest BCUT2D eigenvalue weighted by molar-refractivity contribution is -0.124. The molecule has 0 rings (SSSR count). The van der Waals surface area contributed by atoms with Crippen LogP contribution < -0.4 is 5.32 Å². The van der Waals surface area contributed by atoms with Crippen molar-refractivity contribution in [3.05, 3.63) is 0 Å². The third-order valence-electron chi connectivity index (χ3n) is 1.91. The van der Waals surface area contributed by atoms with Gasteiger partial charge in [-0.2, -0.15) is 0 Å². The minimum Gasteiger partial charge on any atom is -0.383 e. The number of hydrogen-bond donors (Lipinski definition) is 1. The van der Waals surface area contributed by atoms with Gasteiger partial charge in [-0.15, -0.1) is 0 Å². The maximum atomic E-state index is 11.3. The molecule has 2 unspecified atom stereocenters. The summed E-state index contributed by atoms with van der Waals surface area (Å²) in [6.07, 6.45) is 0.878. The molecule has 13 heavy (non-hydrogen) atoms. The van der Waals surface area contributed by atoms with Crippen LogP contribution in [0.4, 0.5) is 0 Å². The van der Waals surface area contributed by atoms with E-state index in [1.807, 2.05) is 13.8 Å². The monoisotopic (exact) mass is 251 g/mol. The Hall–Kier alpha value is -0.0900. The van der Waals surface area contributed by atoms with Crippen molar-refractivity contribution >= 4 is 21.8 Å². The molecule has 2 atom stereocenters. The number of alkyl halides is 1. The summed E-state index contributed by atoms with van der Waals surface area (Å²) in [5, 5.41) is 2.85. The number of amides is 1. The van der Waals surface area contributed by atoms with Crippen LogP contribution in [0.1, 0.15) is 20.3 Å². The fourth-order valence-corrected chi connectivity index (χ4v) is 1.24. The fraction of sp³-hybridized carbons (Fsp3) is 0.889. The molecule has 0 aromatic rings. The molecular formula is C9H18BrNO2. The zero-order valence-electron chi connectivity index (χ0n) is 8.47. The van der Waals surface area contributed by atoms with Gasteiger partial charge in [0, 0.05) is 19.6 Å². The summed E-state index contributed by atoms with van der Waals surface area (Å²) in [4.78, 5) is 11.5. The second-order valence-corrected chi connectivity index (χ2v) is 4.40. The molecule has 0 spiro atoms. The van der Waals surface area contributed by atoms with Gasteiger partial charge < -0.3 is 10.1 Å². The quantitative estimate of drug-likeness (QED) is 0.728. The first kappa shape index (κ1) is 12.9. The van der Waals surface area contributed by atoms with Crippen molar-refractivity contribution in [2.24, 2.45) is 5.92 Å². The summed E-state index contributed by atoms with van der Waals surface area (Å²) in [5.74, 6) is 0.213. The number of nitrogens with one attached hydrogen (secondary N) is 1. The molecule has 0 bridgehead atoms. The van der Waals surface area contributed by atoms with E-state index >= 15 is 0 Å². The lowest BCUT2D eigenvalue weighted by Crippen LogP contribution is -2.34. The van der Waals surface area contributed by atoms with Gasteiger partial charge in [0.1, 0.15) is 0 Å². The van der Waals surface area contributed by atoms with E-state index in [1.165, 1.54) is 0 Å². The first-order valence-corrected chi connectivity index (χ1v) is 5.44. The Labute approximate surface area is 88.4 Å². The summed E-state index contributed by atoms with van der Waals surface area (Å²) in [7, 11) is 1.64. The number of hydrogen-bond acceptors (Lipinski definition) is 2. The number of halogens is 1. The van der Waals surface area contributed by atoms with Crippen molar-refractivity contribution in [3.63, 3.8) is 0 Å². The van der Waals surface area contributed by atoms with E-state index in [1.54, 1.807) is 7.11 Å². The number of carbonyl (C=O) groups excluding carboxylic acids is 1. The normalized spacial score (nSPS) is 15.1. The molecule has 0 heterocycles. The summed E-state index contributed by atoms with van der Waals surface area (Å²) in [6.45, 7) is 5.16. The Morgan fingerprint density at radius 1 is 1.62 bits per heavy atom. The third kappa shape index (κ3) is 6.05. The van der Waals surface area contributed by atoms with Gasteiger partial charge in [0.25, 0.3) is 0 Å². The molecule has 0 saturated heterocycles. The van der Waals surface area contributed by atoms with Crippen molar-refractivity contribution in [2.75, 3.05) is 20.3 Å². The predicted molar refractivity (Wildman–Crippen MR) is 57.1 cm³/mol.